The number of allylic oxidation sites excluding steroid dienone is 5. The van der Waals surface area contributed by atoms with Gasteiger partial charge in [-0.25, -0.2) is 0 Å². The number of halogens is 1. The molecule has 0 spiro atoms. The van der Waals surface area contributed by atoms with Crippen molar-refractivity contribution in [1.82, 2.24) is 4.57 Å². The largest absolute Gasteiger partial charge is 0.392 e. The fraction of sp³-hybridized carbons (Fsp3) is 0.360. The van der Waals surface area contributed by atoms with E-state index in [-0.39, 0.29) is 6.61 Å². The van der Waals surface area contributed by atoms with Crippen LogP contribution in [0.2, 0.25) is 5.02 Å². The summed E-state index contributed by atoms with van der Waals surface area (Å²) in [5.74, 6) is 0.588. The minimum Gasteiger partial charge on any atom is -0.392 e. The molecule has 0 aliphatic heterocycles. The molecule has 1 N–H and O–H groups in total. The van der Waals surface area contributed by atoms with E-state index in [0.717, 1.165) is 22.0 Å². The van der Waals surface area contributed by atoms with Crippen LogP contribution in [-0.4, -0.2) is 9.67 Å². The van der Waals surface area contributed by atoms with Gasteiger partial charge in [0, 0.05) is 27.7 Å². The molecule has 0 amide bonds. The van der Waals surface area contributed by atoms with E-state index in [9.17, 15) is 5.11 Å². The van der Waals surface area contributed by atoms with Gasteiger partial charge in [-0.15, -0.1) is 0 Å². The predicted octanol–water partition coefficient (Wildman–Crippen LogP) is 7.72. The summed E-state index contributed by atoms with van der Waals surface area (Å²) in [5.41, 5.74) is 4.64. The quantitative estimate of drug-likeness (QED) is 0.412. The third-order valence-corrected chi connectivity index (χ3v) is 6.11. The SMILES string of the molecule is C=C/C=C(\C=C/C)Cn1c(Sc2cccc(Cl)c2)c(C(C)C)c(CO)c1C(C)C. The second-order valence-electron chi connectivity index (χ2n) is 7.67. The number of aromatic nitrogens is 1. The first kappa shape index (κ1) is 23.6. The summed E-state index contributed by atoms with van der Waals surface area (Å²) in [5, 5.41) is 12.2. The second kappa shape index (κ2) is 10.9. The van der Waals surface area contributed by atoms with Gasteiger partial charge in [-0.3, -0.25) is 0 Å². The molecular formula is C25H32ClNOS. The van der Waals surface area contributed by atoms with E-state index in [1.807, 2.05) is 43.4 Å². The minimum atomic E-state index is 0.0429. The molecule has 2 aromatic rings. The molecule has 1 heterocycles. The first-order valence-corrected chi connectivity index (χ1v) is 11.3. The molecule has 0 aliphatic rings. The fourth-order valence-corrected chi connectivity index (χ4v) is 5.28. The lowest BCUT2D eigenvalue weighted by molar-refractivity contribution is 0.278. The van der Waals surface area contributed by atoms with E-state index in [0.29, 0.717) is 11.8 Å². The summed E-state index contributed by atoms with van der Waals surface area (Å²) in [6.07, 6.45) is 8.04. The second-order valence-corrected chi connectivity index (χ2v) is 9.17. The van der Waals surface area contributed by atoms with Crippen LogP contribution in [0.15, 0.2) is 70.6 Å². The van der Waals surface area contributed by atoms with Gasteiger partial charge in [0.1, 0.15) is 0 Å². The molecule has 29 heavy (non-hydrogen) atoms. The highest BCUT2D eigenvalue weighted by molar-refractivity contribution is 7.99. The molecule has 0 unspecified atom stereocenters. The molecule has 1 aromatic heterocycles. The third-order valence-electron chi connectivity index (χ3n) is 4.75. The van der Waals surface area contributed by atoms with Crippen molar-refractivity contribution < 1.29 is 5.11 Å². The van der Waals surface area contributed by atoms with Gasteiger partial charge in [0.25, 0.3) is 0 Å². The van der Waals surface area contributed by atoms with E-state index in [4.69, 9.17) is 11.6 Å². The molecule has 0 bridgehead atoms. The average Bonchev–Trinajstić information content (AvgIpc) is 2.95. The normalized spacial score (nSPS) is 12.5. The molecule has 2 nitrogen and oxygen atoms in total. The molecule has 2 rings (SSSR count). The van der Waals surface area contributed by atoms with E-state index in [2.05, 4.69) is 51.0 Å². The van der Waals surface area contributed by atoms with Crippen LogP contribution < -0.4 is 0 Å². The molecule has 0 saturated carbocycles. The number of aliphatic hydroxyl groups is 1. The van der Waals surface area contributed by atoms with E-state index >= 15 is 0 Å². The zero-order chi connectivity index (χ0) is 21.6. The fourth-order valence-electron chi connectivity index (χ4n) is 3.72. The first-order valence-electron chi connectivity index (χ1n) is 10.1. The molecule has 4 heteroatoms. The van der Waals surface area contributed by atoms with Crippen LogP contribution in [0.5, 0.6) is 0 Å². The van der Waals surface area contributed by atoms with E-state index in [1.165, 1.54) is 21.9 Å². The Kier molecular flexibility index (Phi) is 8.88. The Labute approximate surface area is 185 Å². The lowest BCUT2D eigenvalue weighted by Crippen LogP contribution is -2.09. The predicted molar refractivity (Wildman–Crippen MR) is 127 cm³/mol. The minimum absolute atomic E-state index is 0.0429. The van der Waals surface area contributed by atoms with Gasteiger partial charge in [-0.2, -0.15) is 0 Å². The van der Waals surface area contributed by atoms with Crippen molar-refractivity contribution in [3.63, 3.8) is 0 Å². The number of benzene rings is 1. The summed E-state index contributed by atoms with van der Waals surface area (Å²) in [6, 6.07) is 7.95. The van der Waals surface area contributed by atoms with Crippen LogP contribution in [-0.2, 0) is 13.2 Å². The summed E-state index contributed by atoms with van der Waals surface area (Å²) in [4.78, 5) is 1.10. The highest BCUT2D eigenvalue weighted by Crippen LogP contribution is 2.42. The van der Waals surface area contributed by atoms with Crippen molar-refractivity contribution in [2.24, 2.45) is 0 Å². The van der Waals surface area contributed by atoms with Crippen molar-refractivity contribution >= 4 is 23.4 Å². The Hall–Kier alpha value is -1.68. The van der Waals surface area contributed by atoms with Crippen molar-refractivity contribution in [1.29, 1.82) is 0 Å². The maximum absolute atomic E-state index is 10.3. The Balaban J connectivity index is 2.75. The van der Waals surface area contributed by atoms with E-state index < -0.39 is 0 Å². The lowest BCUT2D eigenvalue weighted by atomic mass is 9.97. The topological polar surface area (TPSA) is 25.2 Å². The van der Waals surface area contributed by atoms with Gasteiger partial charge < -0.3 is 9.67 Å². The van der Waals surface area contributed by atoms with Gasteiger partial charge >= 0.3 is 0 Å². The maximum Gasteiger partial charge on any atom is 0.0840 e. The lowest BCUT2D eigenvalue weighted by Gasteiger charge is -2.17. The number of hydrogen-bond acceptors (Lipinski definition) is 2. The maximum atomic E-state index is 10.3. The zero-order valence-electron chi connectivity index (χ0n) is 18.1. The number of rotatable bonds is 9. The summed E-state index contributed by atoms with van der Waals surface area (Å²) in [7, 11) is 0. The Morgan fingerprint density at radius 1 is 1.24 bits per heavy atom. The van der Waals surface area contributed by atoms with Gasteiger partial charge in [0.15, 0.2) is 0 Å². The van der Waals surface area contributed by atoms with Crippen LogP contribution in [0.4, 0.5) is 0 Å². The summed E-state index contributed by atoms with van der Waals surface area (Å²) >= 11 is 7.96. The summed E-state index contributed by atoms with van der Waals surface area (Å²) < 4.78 is 2.37. The smallest absolute Gasteiger partial charge is 0.0840 e. The molecule has 1 aromatic carbocycles. The third kappa shape index (κ3) is 5.69. The first-order chi connectivity index (χ1) is 13.8. The van der Waals surface area contributed by atoms with E-state index in [1.54, 1.807) is 11.8 Å². The van der Waals surface area contributed by atoms with Crippen molar-refractivity contribution in [3.05, 3.63) is 82.6 Å². The standard InChI is InChI=1S/C25H32ClNOS/c1-7-10-19(11-8-2)15-27-24(18(5)6)22(16-28)23(17(3)4)25(27)29-21-13-9-12-20(26)14-21/h7-14,17-18,28H,1,15-16H2,2-6H3/b11-8-,19-10+. The highest BCUT2D eigenvalue weighted by atomic mass is 35.5. The van der Waals surface area contributed by atoms with Crippen LogP contribution in [0, 0.1) is 0 Å². The number of hydrogen-bond donors (Lipinski definition) is 1. The van der Waals surface area contributed by atoms with Gasteiger partial charge in [0.2, 0.25) is 0 Å². The Morgan fingerprint density at radius 2 is 1.97 bits per heavy atom. The molecule has 0 aliphatic carbocycles. The zero-order valence-corrected chi connectivity index (χ0v) is 19.6. The molecule has 0 atom stereocenters. The Morgan fingerprint density at radius 3 is 2.48 bits per heavy atom. The van der Waals surface area contributed by atoms with Crippen molar-refractivity contribution in [2.45, 2.75) is 69.5 Å². The van der Waals surface area contributed by atoms with Crippen LogP contribution >= 0.6 is 23.4 Å². The number of aliphatic hydroxyl groups excluding tert-OH is 1. The highest BCUT2D eigenvalue weighted by Gasteiger charge is 2.26. The molecular weight excluding hydrogens is 398 g/mol. The van der Waals surface area contributed by atoms with Gasteiger partial charge in [-0.1, -0.05) is 88.0 Å². The Bertz CT molecular complexity index is 906. The van der Waals surface area contributed by atoms with Gasteiger partial charge in [0.05, 0.1) is 11.6 Å². The van der Waals surface area contributed by atoms with Crippen LogP contribution in [0.25, 0.3) is 0 Å². The molecule has 0 fully saturated rings. The molecule has 0 saturated heterocycles. The van der Waals surface area contributed by atoms with Gasteiger partial charge in [-0.05, 0) is 48.1 Å². The summed E-state index contributed by atoms with van der Waals surface area (Å²) in [6.45, 7) is 15.4. The molecule has 0 radical (unpaired) electrons. The van der Waals surface area contributed by atoms with Crippen molar-refractivity contribution in [2.75, 3.05) is 0 Å². The molecule has 156 valence electrons. The van der Waals surface area contributed by atoms with Crippen LogP contribution in [0.3, 0.4) is 0 Å². The number of nitrogens with zero attached hydrogens (tertiary/aromatic N) is 1. The van der Waals surface area contributed by atoms with Crippen molar-refractivity contribution in [3.8, 4) is 0 Å². The average molecular weight is 430 g/mol. The monoisotopic (exact) mass is 429 g/mol. The van der Waals surface area contributed by atoms with Crippen LogP contribution in [0.1, 0.15) is 63.3 Å².